The van der Waals surface area contributed by atoms with Gasteiger partial charge in [-0.25, -0.2) is 9.59 Å². The molecule has 30 heavy (non-hydrogen) atoms. The van der Waals surface area contributed by atoms with Gasteiger partial charge in [-0.3, -0.25) is 4.79 Å². The minimum atomic E-state index is -1.39. The molecule has 0 radical (unpaired) electrons. The van der Waals surface area contributed by atoms with Crippen LogP contribution >= 0.6 is 0 Å². The van der Waals surface area contributed by atoms with E-state index in [4.69, 9.17) is 9.47 Å². The first-order valence-electron chi connectivity index (χ1n) is 9.81. The second-order valence-corrected chi connectivity index (χ2v) is 8.52. The summed E-state index contributed by atoms with van der Waals surface area (Å²) in [6.45, 7) is 4.93. The number of nitrogens with one attached hydrogen (secondary N) is 1. The number of benzene rings is 1. The van der Waals surface area contributed by atoms with Crippen molar-refractivity contribution in [2.45, 2.75) is 70.3 Å². The molecule has 0 heterocycles. The van der Waals surface area contributed by atoms with Gasteiger partial charge >= 0.3 is 18.0 Å². The predicted octanol–water partition coefficient (Wildman–Crippen LogP) is 2.20. The van der Waals surface area contributed by atoms with Gasteiger partial charge in [0.1, 0.15) is 23.5 Å². The van der Waals surface area contributed by atoms with Crippen LogP contribution in [0.2, 0.25) is 0 Å². The number of carbonyl (C=O) groups is 3. The zero-order valence-electron chi connectivity index (χ0n) is 17.3. The van der Waals surface area contributed by atoms with Crippen molar-refractivity contribution >= 4 is 18.0 Å². The maximum Gasteiger partial charge on any atom is 0.408 e. The summed E-state index contributed by atoms with van der Waals surface area (Å²) < 4.78 is 10.7. The van der Waals surface area contributed by atoms with E-state index in [2.05, 4.69) is 5.32 Å². The fourth-order valence-electron chi connectivity index (χ4n) is 3.04. The molecule has 1 aliphatic carbocycles. The highest BCUT2D eigenvalue weighted by Crippen LogP contribution is 2.26. The van der Waals surface area contributed by atoms with Crippen LogP contribution in [0.25, 0.3) is 0 Å². The van der Waals surface area contributed by atoms with Crippen molar-refractivity contribution in [2.24, 2.45) is 5.92 Å². The van der Waals surface area contributed by atoms with E-state index >= 15 is 0 Å². The molecule has 9 nitrogen and oxygen atoms in total. The van der Waals surface area contributed by atoms with Gasteiger partial charge < -0.3 is 30.1 Å². The third kappa shape index (κ3) is 7.55. The number of ether oxygens (including phenoxy) is 2. The number of carboxylic acid groups (broad SMARTS) is 2. The van der Waals surface area contributed by atoms with Gasteiger partial charge in [-0.2, -0.15) is 0 Å². The molecule has 1 aliphatic rings. The van der Waals surface area contributed by atoms with Crippen molar-refractivity contribution in [2.75, 3.05) is 0 Å². The number of rotatable bonds is 9. The summed E-state index contributed by atoms with van der Waals surface area (Å²) >= 11 is 0. The summed E-state index contributed by atoms with van der Waals surface area (Å²) in [4.78, 5) is 35.1. The molecule has 1 aromatic carbocycles. The molecule has 166 valence electrons. The maximum absolute atomic E-state index is 11.9. The number of amides is 1. The number of hydrogen-bond donors (Lipinski definition) is 4. The average Bonchev–Trinajstić information content (AvgIpc) is 2.58. The summed E-state index contributed by atoms with van der Waals surface area (Å²) in [7, 11) is 0. The number of carbonyl (C=O) groups excluding carboxylic acids is 1. The normalized spacial score (nSPS) is 20.4. The molecule has 2 atom stereocenters. The number of aliphatic hydroxyl groups is 1. The van der Waals surface area contributed by atoms with E-state index in [1.54, 1.807) is 45.0 Å². The largest absolute Gasteiger partial charge is 0.490 e. The standard InChI is InChI=1S/C21H29NO8/c1-21(2,3)30-20(28)22-17(19(26)27)9-13(18(24)25)8-12-4-6-15(7-5-12)29-16-10-14(23)11-16/h4-7,13-14,16-17,23H,8-11H2,1-3H3,(H,22,28)(H,24,25)(H,26,27)/t13-,14?,16?,17-/m0/s1. The third-order valence-electron chi connectivity index (χ3n) is 4.64. The van der Waals surface area contributed by atoms with Crippen LogP contribution in [0.15, 0.2) is 24.3 Å². The Kier molecular flexibility index (Phi) is 7.66. The number of alkyl carbamates (subject to hydrolysis) is 1. The Balaban J connectivity index is 1.97. The molecule has 0 saturated heterocycles. The lowest BCUT2D eigenvalue weighted by molar-refractivity contribution is -0.144. The van der Waals surface area contributed by atoms with Crippen LogP contribution in [0.5, 0.6) is 5.75 Å². The highest BCUT2D eigenvalue weighted by molar-refractivity contribution is 5.81. The molecular formula is C21H29NO8. The van der Waals surface area contributed by atoms with Gasteiger partial charge in [0, 0.05) is 12.8 Å². The van der Waals surface area contributed by atoms with Crippen molar-refractivity contribution < 1.29 is 39.2 Å². The molecule has 9 heteroatoms. The van der Waals surface area contributed by atoms with Crippen molar-refractivity contribution in [3.63, 3.8) is 0 Å². The number of aliphatic hydroxyl groups excluding tert-OH is 1. The third-order valence-corrected chi connectivity index (χ3v) is 4.64. The Hall–Kier alpha value is -2.81. The summed E-state index contributed by atoms with van der Waals surface area (Å²) in [5, 5.41) is 30.5. The van der Waals surface area contributed by atoms with Gasteiger partial charge in [0.15, 0.2) is 0 Å². The second-order valence-electron chi connectivity index (χ2n) is 8.52. The van der Waals surface area contributed by atoms with E-state index in [1.807, 2.05) is 0 Å². The minimum Gasteiger partial charge on any atom is -0.490 e. The van der Waals surface area contributed by atoms with Gasteiger partial charge in [-0.1, -0.05) is 12.1 Å². The Morgan fingerprint density at radius 3 is 2.17 bits per heavy atom. The van der Waals surface area contributed by atoms with Crippen LogP contribution in [0.4, 0.5) is 4.79 Å². The van der Waals surface area contributed by atoms with Crippen molar-refractivity contribution in [1.82, 2.24) is 5.32 Å². The number of carboxylic acids is 2. The van der Waals surface area contributed by atoms with E-state index in [0.29, 0.717) is 24.2 Å². The van der Waals surface area contributed by atoms with E-state index in [0.717, 1.165) is 0 Å². The zero-order chi connectivity index (χ0) is 22.5. The van der Waals surface area contributed by atoms with Gasteiger partial charge in [-0.05, 0) is 51.3 Å². The average molecular weight is 423 g/mol. The minimum absolute atomic E-state index is 0.0205. The highest BCUT2D eigenvalue weighted by Gasteiger charge is 2.31. The molecular weight excluding hydrogens is 394 g/mol. The summed E-state index contributed by atoms with van der Waals surface area (Å²) in [5.41, 5.74) is -0.106. The summed E-state index contributed by atoms with van der Waals surface area (Å²) in [6.07, 6.45) is -0.273. The molecule has 1 fully saturated rings. The first kappa shape index (κ1) is 23.5. The Labute approximate surface area is 175 Å². The van der Waals surface area contributed by atoms with Crippen LogP contribution in [-0.2, 0) is 20.7 Å². The van der Waals surface area contributed by atoms with Crippen LogP contribution < -0.4 is 10.1 Å². The van der Waals surface area contributed by atoms with Crippen LogP contribution in [0, 0.1) is 5.92 Å². The molecule has 2 rings (SSSR count). The van der Waals surface area contributed by atoms with E-state index in [1.165, 1.54) is 0 Å². The molecule has 1 amide bonds. The van der Waals surface area contributed by atoms with E-state index < -0.39 is 35.6 Å². The molecule has 1 saturated carbocycles. The Morgan fingerprint density at radius 1 is 1.10 bits per heavy atom. The molecule has 0 aliphatic heterocycles. The fraction of sp³-hybridized carbons (Fsp3) is 0.571. The van der Waals surface area contributed by atoms with Crippen molar-refractivity contribution in [3.05, 3.63) is 29.8 Å². The van der Waals surface area contributed by atoms with Crippen molar-refractivity contribution in [1.29, 1.82) is 0 Å². The molecule has 1 aromatic rings. The van der Waals surface area contributed by atoms with Crippen LogP contribution in [-0.4, -0.2) is 57.2 Å². The monoisotopic (exact) mass is 423 g/mol. The smallest absolute Gasteiger partial charge is 0.408 e. The quantitative estimate of drug-likeness (QED) is 0.473. The van der Waals surface area contributed by atoms with Gasteiger partial charge in [0.05, 0.1) is 12.0 Å². The fourth-order valence-corrected chi connectivity index (χ4v) is 3.04. The Bertz CT molecular complexity index is 749. The molecule has 0 unspecified atom stereocenters. The SMILES string of the molecule is CC(C)(C)OC(=O)N[C@@H](C[C@H](Cc1ccc(OC2CC(O)C2)cc1)C(=O)O)C(=O)O. The lowest BCUT2D eigenvalue weighted by Gasteiger charge is -2.31. The Morgan fingerprint density at radius 2 is 1.70 bits per heavy atom. The predicted molar refractivity (Wildman–Crippen MR) is 106 cm³/mol. The van der Waals surface area contributed by atoms with E-state index in [-0.39, 0.29) is 25.0 Å². The first-order chi connectivity index (χ1) is 13.9. The maximum atomic E-state index is 11.9. The van der Waals surface area contributed by atoms with Crippen molar-refractivity contribution in [3.8, 4) is 5.75 Å². The molecule has 0 spiro atoms. The number of hydrogen-bond acceptors (Lipinski definition) is 6. The highest BCUT2D eigenvalue weighted by atomic mass is 16.6. The lowest BCUT2D eigenvalue weighted by Crippen LogP contribution is -2.45. The van der Waals surface area contributed by atoms with Gasteiger partial charge in [0.25, 0.3) is 0 Å². The summed E-state index contributed by atoms with van der Waals surface area (Å²) in [6, 6.07) is 5.47. The second kappa shape index (κ2) is 9.80. The van der Waals surface area contributed by atoms with Crippen LogP contribution in [0.3, 0.4) is 0 Å². The molecule has 0 bridgehead atoms. The first-order valence-corrected chi connectivity index (χ1v) is 9.81. The lowest BCUT2D eigenvalue weighted by atomic mass is 9.92. The van der Waals surface area contributed by atoms with Gasteiger partial charge in [-0.15, -0.1) is 0 Å². The van der Waals surface area contributed by atoms with Crippen LogP contribution in [0.1, 0.15) is 45.6 Å². The van der Waals surface area contributed by atoms with Gasteiger partial charge in [0.2, 0.25) is 0 Å². The number of aliphatic carboxylic acids is 2. The molecule has 0 aromatic heterocycles. The topological polar surface area (TPSA) is 142 Å². The summed E-state index contributed by atoms with van der Waals surface area (Å²) in [5.74, 6) is -2.89. The van der Waals surface area contributed by atoms with E-state index in [9.17, 15) is 29.7 Å². The molecule has 4 N–H and O–H groups in total. The zero-order valence-corrected chi connectivity index (χ0v) is 17.3.